The fraction of sp³-hybridized carbons (Fsp3) is 0.444. The molecule has 1 aliphatic carbocycles. The molecular weight excluding hydrogens is 156 g/mol. The van der Waals surface area contributed by atoms with Gasteiger partial charge in [-0.3, -0.25) is 4.79 Å². The minimum absolute atomic E-state index is 0.226. The Morgan fingerprint density at radius 1 is 1.55 bits per heavy atom. The van der Waals surface area contributed by atoms with Gasteiger partial charge in [-0.1, -0.05) is 0 Å². The molecule has 2 heteroatoms. The van der Waals surface area contributed by atoms with Gasteiger partial charge in [0.05, 0.1) is 0 Å². The van der Waals surface area contributed by atoms with Gasteiger partial charge in [-0.2, -0.15) is 0 Å². The first-order valence-corrected chi connectivity index (χ1v) is 4.77. The maximum atomic E-state index is 11.1. The molecular formula is C9H10OS. The standard InChI is InChI=1S/C9H10OS/c1-6(10)8-5-11-9-4-2-3-7(8)9/h5H,2-4H2,1H3. The van der Waals surface area contributed by atoms with Gasteiger partial charge in [0.1, 0.15) is 0 Å². The normalized spacial score (nSPS) is 15.0. The van der Waals surface area contributed by atoms with E-state index in [-0.39, 0.29) is 5.78 Å². The molecule has 0 fully saturated rings. The first-order chi connectivity index (χ1) is 5.29. The number of Topliss-reactive ketones (excluding diaryl/α,β-unsaturated/α-hetero) is 1. The lowest BCUT2D eigenvalue weighted by Crippen LogP contribution is -1.93. The van der Waals surface area contributed by atoms with Gasteiger partial charge < -0.3 is 0 Å². The highest BCUT2D eigenvalue weighted by Crippen LogP contribution is 2.31. The Bertz CT molecular complexity index is 299. The van der Waals surface area contributed by atoms with Crippen molar-refractivity contribution in [3.63, 3.8) is 0 Å². The summed E-state index contributed by atoms with van der Waals surface area (Å²) in [6.07, 6.45) is 3.54. The van der Waals surface area contributed by atoms with Crippen LogP contribution in [0.2, 0.25) is 0 Å². The van der Waals surface area contributed by atoms with Crippen molar-refractivity contribution in [2.75, 3.05) is 0 Å². The lowest BCUT2D eigenvalue weighted by molar-refractivity contribution is 0.101. The number of ketones is 1. The van der Waals surface area contributed by atoms with Crippen molar-refractivity contribution in [2.24, 2.45) is 0 Å². The molecule has 1 aromatic heterocycles. The van der Waals surface area contributed by atoms with Crippen molar-refractivity contribution >= 4 is 17.1 Å². The third-order valence-corrected chi connectivity index (χ3v) is 3.28. The van der Waals surface area contributed by atoms with E-state index in [0.717, 1.165) is 12.0 Å². The molecule has 0 saturated heterocycles. The number of thiophene rings is 1. The summed E-state index contributed by atoms with van der Waals surface area (Å²) in [5.41, 5.74) is 2.31. The lowest BCUT2D eigenvalue weighted by atomic mass is 10.1. The highest BCUT2D eigenvalue weighted by Gasteiger charge is 2.18. The summed E-state index contributed by atoms with van der Waals surface area (Å²) < 4.78 is 0. The monoisotopic (exact) mass is 166 g/mol. The smallest absolute Gasteiger partial charge is 0.160 e. The molecule has 1 aliphatic rings. The summed E-state index contributed by atoms with van der Waals surface area (Å²) in [6.45, 7) is 1.65. The molecule has 0 spiro atoms. The second-order valence-corrected chi connectivity index (χ2v) is 3.93. The predicted octanol–water partition coefficient (Wildman–Crippen LogP) is 2.44. The minimum Gasteiger partial charge on any atom is -0.294 e. The van der Waals surface area contributed by atoms with Crippen molar-refractivity contribution in [2.45, 2.75) is 26.2 Å². The first-order valence-electron chi connectivity index (χ1n) is 3.89. The number of hydrogen-bond acceptors (Lipinski definition) is 2. The van der Waals surface area contributed by atoms with Crippen LogP contribution in [0.3, 0.4) is 0 Å². The van der Waals surface area contributed by atoms with E-state index in [4.69, 9.17) is 0 Å². The Labute approximate surface area is 70.1 Å². The maximum absolute atomic E-state index is 11.1. The molecule has 1 aromatic rings. The van der Waals surface area contributed by atoms with Gasteiger partial charge in [-0.05, 0) is 31.7 Å². The van der Waals surface area contributed by atoms with Crippen LogP contribution in [0.25, 0.3) is 0 Å². The summed E-state index contributed by atoms with van der Waals surface area (Å²) >= 11 is 1.75. The van der Waals surface area contributed by atoms with Gasteiger partial charge in [0.25, 0.3) is 0 Å². The minimum atomic E-state index is 0.226. The predicted molar refractivity (Wildman–Crippen MR) is 46.3 cm³/mol. The molecule has 0 atom stereocenters. The molecule has 0 bridgehead atoms. The number of carbonyl (C=O) groups excluding carboxylic acids is 1. The van der Waals surface area contributed by atoms with E-state index in [2.05, 4.69) is 0 Å². The summed E-state index contributed by atoms with van der Waals surface area (Å²) in [7, 11) is 0. The van der Waals surface area contributed by atoms with E-state index in [1.165, 1.54) is 23.3 Å². The van der Waals surface area contributed by atoms with E-state index in [9.17, 15) is 4.79 Å². The number of aryl methyl sites for hydroxylation is 1. The molecule has 0 saturated carbocycles. The van der Waals surface area contributed by atoms with Crippen LogP contribution in [-0.2, 0) is 12.8 Å². The summed E-state index contributed by atoms with van der Waals surface area (Å²) in [5, 5.41) is 2.01. The quantitative estimate of drug-likeness (QED) is 0.586. The van der Waals surface area contributed by atoms with Crippen molar-refractivity contribution < 1.29 is 4.79 Å². The molecule has 2 rings (SSSR count). The molecule has 0 amide bonds. The molecule has 0 aromatic carbocycles. The van der Waals surface area contributed by atoms with Crippen LogP contribution in [0.4, 0.5) is 0 Å². The Balaban J connectivity index is 2.50. The van der Waals surface area contributed by atoms with Crippen LogP contribution >= 0.6 is 11.3 Å². The van der Waals surface area contributed by atoms with E-state index in [1.807, 2.05) is 5.38 Å². The molecule has 58 valence electrons. The molecule has 0 aliphatic heterocycles. The van der Waals surface area contributed by atoms with Gasteiger partial charge in [-0.15, -0.1) is 11.3 Å². The van der Waals surface area contributed by atoms with Crippen LogP contribution < -0.4 is 0 Å². The zero-order valence-corrected chi connectivity index (χ0v) is 7.33. The van der Waals surface area contributed by atoms with E-state index in [0.29, 0.717) is 0 Å². The Hall–Kier alpha value is -0.630. The van der Waals surface area contributed by atoms with Gasteiger partial charge in [-0.25, -0.2) is 0 Å². The van der Waals surface area contributed by atoms with Crippen molar-refractivity contribution in [3.8, 4) is 0 Å². The fourth-order valence-electron chi connectivity index (χ4n) is 1.63. The second-order valence-electron chi connectivity index (χ2n) is 2.96. The van der Waals surface area contributed by atoms with Crippen molar-refractivity contribution in [1.82, 2.24) is 0 Å². The second kappa shape index (κ2) is 2.45. The molecule has 0 radical (unpaired) electrons. The van der Waals surface area contributed by atoms with Crippen LogP contribution in [0, 0.1) is 0 Å². The molecule has 0 unspecified atom stereocenters. The lowest BCUT2D eigenvalue weighted by Gasteiger charge is -1.92. The molecule has 11 heavy (non-hydrogen) atoms. The maximum Gasteiger partial charge on any atom is 0.160 e. The molecule has 0 N–H and O–H groups in total. The van der Waals surface area contributed by atoms with E-state index < -0.39 is 0 Å². The zero-order valence-electron chi connectivity index (χ0n) is 6.52. The van der Waals surface area contributed by atoms with Gasteiger partial charge >= 0.3 is 0 Å². The highest BCUT2D eigenvalue weighted by molar-refractivity contribution is 7.10. The number of hydrogen-bond donors (Lipinski definition) is 0. The Morgan fingerprint density at radius 3 is 3.09 bits per heavy atom. The largest absolute Gasteiger partial charge is 0.294 e. The molecule has 1 heterocycles. The highest BCUT2D eigenvalue weighted by atomic mass is 32.1. The number of rotatable bonds is 1. The molecule has 1 nitrogen and oxygen atoms in total. The topological polar surface area (TPSA) is 17.1 Å². The average Bonchev–Trinajstić information content (AvgIpc) is 2.41. The van der Waals surface area contributed by atoms with Crippen LogP contribution in [0.5, 0.6) is 0 Å². The fourth-order valence-corrected chi connectivity index (χ4v) is 2.81. The van der Waals surface area contributed by atoms with Crippen molar-refractivity contribution in [1.29, 1.82) is 0 Å². The Morgan fingerprint density at radius 2 is 2.36 bits per heavy atom. The van der Waals surface area contributed by atoms with E-state index >= 15 is 0 Å². The summed E-state index contributed by atoms with van der Waals surface area (Å²) in [5.74, 6) is 0.226. The third-order valence-electron chi connectivity index (χ3n) is 2.19. The third kappa shape index (κ3) is 1.02. The SMILES string of the molecule is CC(=O)c1csc2c1CCC2. The van der Waals surface area contributed by atoms with Crippen LogP contribution in [-0.4, -0.2) is 5.78 Å². The first kappa shape index (κ1) is 7.04. The van der Waals surface area contributed by atoms with Crippen LogP contribution in [0.15, 0.2) is 5.38 Å². The van der Waals surface area contributed by atoms with Gasteiger partial charge in [0, 0.05) is 15.8 Å². The summed E-state index contributed by atoms with van der Waals surface area (Å²) in [4.78, 5) is 12.5. The Kier molecular flexibility index (Phi) is 1.57. The number of fused-ring (bicyclic) bond motifs is 1. The van der Waals surface area contributed by atoms with E-state index in [1.54, 1.807) is 18.3 Å². The zero-order chi connectivity index (χ0) is 7.84. The van der Waals surface area contributed by atoms with Crippen LogP contribution in [0.1, 0.15) is 34.1 Å². The van der Waals surface area contributed by atoms with Gasteiger partial charge in [0.2, 0.25) is 0 Å². The number of carbonyl (C=O) groups is 1. The van der Waals surface area contributed by atoms with Crippen molar-refractivity contribution in [3.05, 3.63) is 21.4 Å². The average molecular weight is 166 g/mol. The summed E-state index contributed by atoms with van der Waals surface area (Å²) in [6, 6.07) is 0. The van der Waals surface area contributed by atoms with Gasteiger partial charge in [0.15, 0.2) is 5.78 Å².